The predicted octanol–water partition coefficient (Wildman–Crippen LogP) is 1.77. The van der Waals surface area contributed by atoms with E-state index in [-0.39, 0.29) is 23.7 Å². The van der Waals surface area contributed by atoms with Gasteiger partial charge in [0.25, 0.3) is 0 Å². The van der Waals surface area contributed by atoms with Crippen LogP contribution >= 0.6 is 11.8 Å². The number of carbonyl (C=O) groups excluding carboxylic acids is 1. The number of rotatable bonds is 7. The van der Waals surface area contributed by atoms with Crippen LogP contribution in [0.3, 0.4) is 0 Å². The summed E-state index contributed by atoms with van der Waals surface area (Å²) >= 11 is 1.85. The molecule has 0 saturated heterocycles. The highest BCUT2D eigenvalue weighted by Crippen LogP contribution is 2.48. The van der Waals surface area contributed by atoms with Gasteiger partial charge in [-0.2, -0.15) is 11.8 Å². The van der Waals surface area contributed by atoms with Crippen LogP contribution < -0.4 is 5.32 Å². The molecule has 0 aliphatic heterocycles. The van der Waals surface area contributed by atoms with E-state index in [1.165, 1.54) is 0 Å². The molecule has 1 saturated carbocycles. The molecule has 2 bridgehead atoms. The molecule has 19 heavy (non-hydrogen) atoms. The number of carbonyl (C=O) groups is 2. The van der Waals surface area contributed by atoms with Crippen molar-refractivity contribution in [1.82, 2.24) is 5.32 Å². The third-order valence-corrected chi connectivity index (χ3v) is 5.00. The zero-order chi connectivity index (χ0) is 13.8. The quantitative estimate of drug-likeness (QED) is 0.552. The van der Waals surface area contributed by atoms with Crippen LogP contribution in [0.2, 0.25) is 0 Å². The fourth-order valence-corrected chi connectivity index (χ4v) is 3.80. The molecule has 0 radical (unpaired) electrons. The van der Waals surface area contributed by atoms with Crippen molar-refractivity contribution in [3.05, 3.63) is 12.2 Å². The smallest absolute Gasteiger partial charge is 0.307 e. The molecule has 0 aromatic heterocycles. The van der Waals surface area contributed by atoms with Crippen molar-refractivity contribution in [3.63, 3.8) is 0 Å². The molecule has 5 heteroatoms. The standard InChI is InChI=1S/C14H21NO3S/c1-2-19-7-3-6-15-13(16)11-9-4-5-10(8-9)12(11)14(17)18/h4-5,9-12H,2-3,6-8H2,1H3,(H,15,16)(H,17,18)/t9?,10?,11-,12+/m0/s1. The van der Waals surface area contributed by atoms with Gasteiger partial charge in [-0.05, 0) is 36.2 Å². The second-order valence-electron chi connectivity index (χ2n) is 5.18. The van der Waals surface area contributed by atoms with E-state index in [1.807, 2.05) is 23.9 Å². The molecule has 0 spiro atoms. The molecule has 0 aromatic carbocycles. The summed E-state index contributed by atoms with van der Waals surface area (Å²) in [5, 5.41) is 12.2. The van der Waals surface area contributed by atoms with E-state index >= 15 is 0 Å². The summed E-state index contributed by atoms with van der Waals surface area (Å²) in [4.78, 5) is 23.5. The SMILES string of the molecule is CCSCCCNC(=O)[C@H]1C2C=CC(C2)[C@H]1C(=O)O. The highest BCUT2D eigenvalue weighted by atomic mass is 32.2. The molecule has 4 nitrogen and oxygen atoms in total. The summed E-state index contributed by atoms with van der Waals surface area (Å²) < 4.78 is 0. The second kappa shape index (κ2) is 6.46. The van der Waals surface area contributed by atoms with Crippen LogP contribution in [0.4, 0.5) is 0 Å². The molecule has 0 aromatic rings. The van der Waals surface area contributed by atoms with Crippen molar-refractivity contribution in [3.8, 4) is 0 Å². The first kappa shape index (κ1) is 14.4. The Morgan fingerprint density at radius 2 is 2.00 bits per heavy atom. The third kappa shape index (κ3) is 3.14. The van der Waals surface area contributed by atoms with Gasteiger partial charge in [-0.15, -0.1) is 0 Å². The first-order valence-electron chi connectivity index (χ1n) is 6.91. The molecule has 2 N–H and O–H groups in total. The fourth-order valence-electron chi connectivity index (χ4n) is 3.16. The third-order valence-electron chi connectivity index (χ3n) is 4.02. The number of hydrogen-bond donors (Lipinski definition) is 2. The Morgan fingerprint density at radius 3 is 2.63 bits per heavy atom. The molecular weight excluding hydrogens is 262 g/mol. The zero-order valence-electron chi connectivity index (χ0n) is 11.2. The number of hydrogen-bond acceptors (Lipinski definition) is 3. The van der Waals surface area contributed by atoms with Gasteiger partial charge in [0.1, 0.15) is 0 Å². The van der Waals surface area contributed by atoms with E-state index in [1.54, 1.807) is 0 Å². The van der Waals surface area contributed by atoms with Crippen molar-refractivity contribution >= 4 is 23.6 Å². The summed E-state index contributed by atoms with van der Waals surface area (Å²) in [7, 11) is 0. The summed E-state index contributed by atoms with van der Waals surface area (Å²) in [6, 6.07) is 0. The number of allylic oxidation sites excluding steroid dienone is 2. The number of amides is 1. The minimum absolute atomic E-state index is 0.0499. The van der Waals surface area contributed by atoms with Crippen LogP contribution in [0, 0.1) is 23.7 Å². The monoisotopic (exact) mass is 283 g/mol. The van der Waals surface area contributed by atoms with Crippen molar-refractivity contribution < 1.29 is 14.7 Å². The summed E-state index contributed by atoms with van der Waals surface area (Å²) in [5.74, 6) is 0.489. The van der Waals surface area contributed by atoms with Crippen molar-refractivity contribution in [1.29, 1.82) is 0 Å². The average Bonchev–Trinajstić information content (AvgIpc) is 2.98. The van der Waals surface area contributed by atoms with E-state index in [0.29, 0.717) is 6.54 Å². The van der Waals surface area contributed by atoms with E-state index in [2.05, 4.69) is 12.2 Å². The maximum atomic E-state index is 12.2. The number of carboxylic acids is 1. The zero-order valence-corrected chi connectivity index (χ0v) is 12.0. The fraction of sp³-hybridized carbons (Fsp3) is 0.714. The molecule has 4 atom stereocenters. The van der Waals surface area contributed by atoms with Gasteiger partial charge >= 0.3 is 5.97 Å². The van der Waals surface area contributed by atoms with Crippen molar-refractivity contribution in [2.24, 2.45) is 23.7 Å². The number of carboxylic acid groups (broad SMARTS) is 1. The van der Waals surface area contributed by atoms with Crippen LogP contribution in [0.5, 0.6) is 0 Å². The highest BCUT2D eigenvalue weighted by Gasteiger charge is 2.51. The Bertz CT molecular complexity index is 383. The summed E-state index contributed by atoms with van der Waals surface area (Å²) in [6.45, 7) is 2.76. The van der Waals surface area contributed by atoms with Crippen LogP contribution in [0.25, 0.3) is 0 Å². The summed E-state index contributed by atoms with van der Waals surface area (Å²) in [5.41, 5.74) is 0. The number of thioether (sulfide) groups is 1. The van der Waals surface area contributed by atoms with Crippen molar-refractivity contribution in [2.75, 3.05) is 18.1 Å². The minimum atomic E-state index is -0.835. The molecule has 1 amide bonds. The first-order chi connectivity index (χ1) is 9.15. The van der Waals surface area contributed by atoms with E-state index in [4.69, 9.17) is 0 Å². The van der Waals surface area contributed by atoms with Gasteiger partial charge in [0.05, 0.1) is 11.8 Å². The minimum Gasteiger partial charge on any atom is -0.481 e. The van der Waals surface area contributed by atoms with Crippen molar-refractivity contribution in [2.45, 2.75) is 19.8 Å². The molecule has 2 aliphatic carbocycles. The van der Waals surface area contributed by atoms with E-state index in [0.717, 1.165) is 24.3 Å². The lowest BCUT2D eigenvalue weighted by molar-refractivity contribution is -0.147. The van der Waals surface area contributed by atoms with Crippen LogP contribution in [0.15, 0.2) is 12.2 Å². The Labute approximate surface area is 118 Å². The maximum Gasteiger partial charge on any atom is 0.307 e. The van der Waals surface area contributed by atoms with Gasteiger partial charge in [-0.25, -0.2) is 0 Å². The molecule has 1 fully saturated rings. The molecule has 0 heterocycles. The second-order valence-corrected chi connectivity index (χ2v) is 6.57. The first-order valence-corrected chi connectivity index (χ1v) is 8.07. The van der Waals surface area contributed by atoms with Crippen LogP contribution in [-0.4, -0.2) is 35.0 Å². The van der Waals surface area contributed by atoms with Gasteiger partial charge in [0.2, 0.25) is 5.91 Å². The normalized spacial score (nSPS) is 31.6. The summed E-state index contributed by atoms with van der Waals surface area (Å²) in [6.07, 6.45) is 5.74. The van der Waals surface area contributed by atoms with E-state index in [9.17, 15) is 14.7 Å². The Kier molecular flexibility index (Phi) is 4.91. The van der Waals surface area contributed by atoms with Gasteiger partial charge < -0.3 is 10.4 Å². The number of aliphatic carboxylic acids is 1. The highest BCUT2D eigenvalue weighted by molar-refractivity contribution is 7.99. The van der Waals surface area contributed by atoms with Crippen LogP contribution in [-0.2, 0) is 9.59 Å². The van der Waals surface area contributed by atoms with Gasteiger partial charge in [-0.3, -0.25) is 9.59 Å². The van der Waals surface area contributed by atoms with Gasteiger partial charge in [0.15, 0.2) is 0 Å². The number of nitrogens with one attached hydrogen (secondary N) is 1. The molecule has 2 aliphatic rings. The van der Waals surface area contributed by atoms with Crippen LogP contribution in [0.1, 0.15) is 19.8 Å². The lowest BCUT2D eigenvalue weighted by Crippen LogP contribution is -2.40. The lowest BCUT2D eigenvalue weighted by Gasteiger charge is -2.23. The Morgan fingerprint density at radius 1 is 1.32 bits per heavy atom. The largest absolute Gasteiger partial charge is 0.481 e. The predicted molar refractivity (Wildman–Crippen MR) is 76.0 cm³/mol. The lowest BCUT2D eigenvalue weighted by atomic mass is 9.82. The Balaban J connectivity index is 1.84. The molecule has 106 valence electrons. The van der Waals surface area contributed by atoms with Gasteiger partial charge in [-0.1, -0.05) is 19.1 Å². The molecule has 2 unspecified atom stereocenters. The maximum absolute atomic E-state index is 12.2. The Hall–Kier alpha value is -0.970. The number of fused-ring (bicyclic) bond motifs is 2. The molecule has 2 rings (SSSR count). The molecular formula is C14H21NO3S. The van der Waals surface area contributed by atoms with E-state index < -0.39 is 11.9 Å². The van der Waals surface area contributed by atoms with Gasteiger partial charge in [0, 0.05) is 6.54 Å². The topological polar surface area (TPSA) is 66.4 Å². The average molecular weight is 283 g/mol.